The molecule has 1 aromatic carbocycles. The topological polar surface area (TPSA) is 62.2 Å². The van der Waals surface area contributed by atoms with Crippen molar-refractivity contribution >= 4 is 17.5 Å². The van der Waals surface area contributed by atoms with Gasteiger partial charge in [-0.15, -0.1) is 0 Å². The van der Waals surface area contributed by atoms with Gasteiger partial charge in [0.15, 0.2) is 0 Å². The molecule has 0 aliphatic heterocycles. The summed E-state index contributed by atoms with van der Waals surface area (Å²) in [6.45, 7) is 6.13. The Bertz CT molecular complexity index is 666. The second kappa shape index (κ2) is 6.39. The molecule has 0 amide bonds. The number of rotatable bonds is 5. The summed E-state index contributed by atoms with van der Waals surface area (Å²) in [5, 5.41) is 12.4. The SMILES string of the molecule is CCCc1cc(C(=O)O)cc(Nc2cccc(C)c2C)n1. The molecular weight excluding hydrogens is 264 g/mol. The van der Waals surface area contributed by atoms with E-state index in [1.807, 2.05) is 39.0 Å². The molecule has 21 heavy (non-hydrogen) atoms. The minimum Gasteiger partial charge on any atom is -0.478 e. The molecule has 0 unspecified atom stereocenters. The van der Waals surface area contributed by atoms with Gasteiger partial charge in [0.05, 0.1) is 5.56 Å². The van der Waals surface area contributed by atoms with E-state index in [1.165, 1.54) is 5.56 Å². The van der Waals surface area contributed by atoms with E-state index in [1.54, 1.807) is 12.1 Å². The molecular formula is C17H20N2O2. The van der Waals surface area contributed by atoms with Crippen molar-refractivity contribution in [3.8, 4) is 0 Å². The van der Waals surface area contributed by atoms with Crippen LogP contribution in [0, 0.1) is 13.8 Å². The zero-order valence-electron chi connectivity index (χ0n) is 12.6. The number of aryl methyl sites for hydroxylation is 2. The van der Waals surface area contributed by atoms with Crippen LogP contribution in [0.2, 0.25) is 0 Å². The second-order valence-corrected chi connectivity index (χ2v) is 5.16. The lowest BCUT2D eigenvalue weighted by atomic mass is 10.1. The molecule has 2 N–H and O–H groups in total. The van der Waals surface area contributed by atoms with E-state index in [-0.39, 0.29) is 5.56 Å². The van der Waals surface area contributed by atoms with Gasteiger partial charge in [-0.1, -0.05) is 25.5 Å². The number of hydrogen-bond donors (Lipinski definition) is 2. The van der Waals surface area contributed by atoms with Crippen LogP contribution >= 0.6 is 0 Å². The first kappa shape index (κ1) is 15.0. The normalized spacial score (nSPS) is 10.4. The molecule has 0 spiro atoms. The molecule has 0 fully saturated rings. The molecule has 110 valence electrons. The van der Waals surface area contributed by atoms with Gasteiger partial charge >= 0.3 is 5.97 Å². The van der Waals surface area contributed by atoms with Crippen molar-refractivity contribution in [1.82, 2.24) is 4.98 Å². The number of aromatic nitrogens is 1. The standard InChI is InChI=1S/C17H20N2O2/c1-4-6-14-9-13(17(20)21)10-16(18-14)19-15-8-5-7-11(2)12(15)3/h5,7-10H,4,6H2,1-3H3,(H,18,19)(H,20,21). The van der Waals surface area contributed by atoms with E-state index in [9.17, 15) is 9.90 Å². The average Bonchev–Trinajstić information content (AvgIpc) is 2.44. The highest BCUT2D eigenvalue weighted by molar-refractivity contribution is 5.89. The van der Waals surface area contributed by atoms with Crippen molar-refractivity contribution in [3.63, 3.8) is 0 Å². The maximum Gasteiger partial charge on any atom is 0.335 e. The number of carbonyl (C=O) groups is 1. The summed E-state index contributed by atoms with van der Waals surface area (Å²) < 4.78 is 0. The van der Waals surface area contributed by atoms with Gasteiger partial charge in [-0.05, 0) is 49.6 Å². The zero-order valence-corrected chi connectivity index (χ0v) is 12.6. The minimum absolute atomic E-state index is 0.265. The van der Waals surface area contributed by atoms with Crippen LogP contribution in [0.15, 0.2) is 30.3 Å². The predicted octanol–water partition coefficient (Wildman–Crippen LogP) is 4.09. The minimum atomic E-state index is -0.932. The van der Waals surface area contributed by atoms with Gasteiger partial charge in [0.1, 0.15) is 5.82 Å². The smallest absolute Gasteiger partial charge is 0.335 e. The zero-order chi connectivity index (χ0) is 15.4. The van der Waals surface area contributed by atoms with Crippen molar-refractivity contribution in [3.05, 3.63) is 52.7 Å². The second-order valence-electron chi connectivity index (χ2n) is 5.16. The van der Waals surface area contributed by atoms with Gasteiger partial charge in [-0.25, -0.2) is 9.78 Å². The fourth-order valence-corrected chi connectivity index (χ4v) is 2.18. The van der Waals surface area contributed by atoms with Crippen molar-refractivity contribution in [2.24, 2.45) is 0 Å². The number of carboxylic acids is 1. The van der Waals surface area contributed by atoms with E-state index in [0.717, 1.165) is 29.8 Å². The molecule has 0 saturated carbocycles. The third kappa shape index (κ3) is 3.60. The molecule has 0 saturated heterocycles. The van der Waals surface area contributed by atoms with E-state index in [2.05, 4.69) is 10.3 Å². The molecule has 1 aromatic heterocycles. The first-order valence-corrected chi connectivity index (χ1v) is 7.08. The number of benzene rings is 1. The molecule has 0 aliphatic rings. The van der Waals surface area contributed by atoms with Gasteiger partial charge in [0.25, 0.3) is 0 Å². The van der Waals surface area contributed by atoms with E-state index in [0.29, 0.717) is 5.82 Å². The highest BCUT2D eigenvalue weighted by Crippen LogP contribution is 2.23. The first-order chi connectivity index (χ1) is 10.0. The molecule has 1 heterocycles. The Labute approximate surface area is 124 Å². The van der Waals surface area contributed by atoms with Crippen LogP contribution in [0.25, 0.3) is 0 Å². The van der Waals surface area contributed by atoms with Gasteiger partial charge < -0.3 is 10.4 Å². The Morgan fingerprint density at radius 2 is 2.05 bits per heavy atom. The third-order valence-electron chi connectivity index (χ3n) is 3.50. The van der Waals surface area contributed by atoms with Crippen molar-refractivity contribution in [2.45, 2.75) is 33.6 Å². The Kier molecular flexibility index (Phi) is 4.58. The molecule has 0 atom stereocenters. The number of anilines is 2. The van der Waals surface area contributed by atoms with E-state index < -0.39 is 5.97 Å². The molecule has 0 bridgehead atoms. The first-order valence-electron chi connectivity index (χ1n) is 7.08. The predicted molar refractivity (Wildman–Crippen MR) is 84.4 cm³/mol. The lowest BCUT2D eigenvalue weighted by Crippen LogP contribution is -2.04. The van der Waals surface area contributed by atoms with Crippen LogP contribution in [0.3, 0.4) is 0 Å². The fraction of sp³-hybridized carbons (Fsp3) is 0.294. The number of pyridine rings is 1. The molecule has 4 nitrogen and oxygen atoms in total. The van der Waals surface area contributed by atoms with Crippen LogP contribution in [0.4, 0.5) is 11.5 Å². The summed E-state index contributed by atoms with van der Waals surface area (Å²) in [6.07, 6.45) is 1.70. The lowest BCUT2D eigenvalue weighted by molar-refractivity contribution is 0.0696. The fourth-order valence-electron chi connectivity index (χ4n) is 2.18. The maximum absolute atomic E-state index is 11.2. The summed E-state index contributed by atoms with van der Waals surface area (Å²) in [4.78, 5) is 15.7. The number of carboxylic acid groups (broad SMARTS) is 1. The van der Waals surface area contributed by atoms with Crippen molar-refractivity contribution in [1.29, 1.82) is 0 Å². The monoisotopic (exact) mass is 284 g/mol. The molecule has 2 aromatic rings. The summed E-state index contributed by atoms with van der Waals surface area (Å²) >= 11 is 0. The molecule has 2 rings (SSSR count). The maximum atomic E-state index is 11.2. The average molecular weight is 284 g/mol. The quantitative estimate of drug-likeness (QED) is 0.868. The van der Waals surface area contributed by atoms with Gasteiger partial charge in [-0.2, -0.15) is 0 Å². The van der Waals surface area contributed by atoms with Crippen LogP contribution in [-0.4, -0.2) is 16.1 Å². The van der Waals surface area contributed by atoms with Crippen LogP contribution in [-0.2, 0) is 6.42 Å². The number of aromatic carboxylic acids is 1. The Hall–Kier alpha value is -2.36. The van der Waals surface area contributed by atoms with Crippen LogP contribution in [0.5, 0.6) is 0 Å². The molecule has 0 radical (unpaired) electrons. The highest BCUT2D eigenvalue weighted by Gasteiger charge is 2.09. The summed E-state index contributed by atoms with van der Waals surface area (Å²) in [5.41, 5.74) is 4.33. The Morgan fingerprint density at radius 3 is 2.71 bits per heavy atom. The number of nitrogens with zero attached hydrogens (tertiary/aromatic N) is 1. The van der Waals surface area contributed by atoms with Gasteiger partial charge in [-0.3, -0.25) is 0 Å². The summed E-state index contributed by atoms with van der Waals surface area (Å²) in [5.74, 6) is -0.356. The number of hydrogen-bond acceptors (Lipinski definition) is 3. The van der Waals surface area contributed by atoms with Gasteiger partial charge in [0.2, 0.25) is 0 Å². The third-order valence-corrected chi connectivity index (χ3v) is 3.50. The van der Waals surface area contributed by atoms with Crippen LogP contribution < -0.4 is 5.32 Å². The molecule has 4 heteroatoms. The Balaban J connectivity index is 2.38. The summed E-state index contributed by atoms with van der Waals surface area (Å²) in [7, 11) is 0. The summed E-state index contributed by atoms with van der Waals surface area (Å²) in [6, 6.07) is 9.20. The molecule has 0 aliphatic carbocycles. The van der Waals surface area contributed by atoms with E-state index >= 15 is 0 Å². The lowest BCUT2D eigenvalue weighted by Gasteiger charge is -2.12. The highest BCUT2D eigenvalue weighted by atomic mass is 16.4. The van der Waals surface area contributed by atoms with Crippen molar-refractivity contribution < 1.29 is 9.90 Å². The van der Waals surface area contributed by atoms with E-state index in [4.69, 9.17) is 0 Å². The largest absolute Gasteiger partial charge is 0.478 e. The number of nitrogens with one attached hydrogen (secondary N) is 1. The Morgan fingerprint density at radius 1 is 1.29 bits per heavy atom. The van der Waals surface area contributed by atoms with Crippen LogP contribution in [0.1, 0.15) is 40.5 Å². The van der Waals surface area contributed by atoms with Crippen molar-refractivity contribution in [2.75, 3.05) is 5.32 Å². The van der Waals surface area contributed by atoms with Gasteiger partial charge in [0, 0.05) is 11.4 Å².